The lowest BCUT2D eigenvalue weighted by Gasteiger charge is -2.13. The number of aromatic nitrogens is 1. The molecule has 0 bridgehead atoms. The number of hydrogen-bond acceptors (Lipinski definition) is 2. The molecule has 1 aromatic heterocycles. The molecule has 0 amide bonds. The van der Waals surface area contributed by atoms with Crippen molar-refractivity contribution in [2.45, 2.75) is 19.8 Å². The van der Waals surface area contributed by atoms with Crippen LogP contribution < -0.4 is 5.32 Å². The van der Waals surface area contributed by atoms with E-state index in [9.17, 15) is 0 Å². The Bertz CT molecular complexity index is 567. The van der Waals surface area contributed by atoms with E-state index in [2.05, 4.69) is 46.1 Å². The lowest BCUT2D eigenvalue weighted by Crippen LogP contribution is -2.01. The van der Waals surface area contributed by atoms with Crippen LogP contribution in [-0.4, -0.2) is 12.0 Å². The predicted molar refractivity (Wildman–Crippen MR) is 78.1 cm³/mol. The Kier molecular flexibility index (Phi) is 3.59. The molecular weight excluding hydrogens is 300 g/mol. The highest BCUT2D eigenvalue weighted by molar-refractivity contribution is 9.10. The van der Waals surface area contributed by atoms with E-state index < -0.39 is 0 Å². The number of nitrogens with zero attached hydrogens (tertiary/aromatic N) is 1. The summed E-state index contributed by atoms with van der Waals surface area (Å²) in [5.74, 6) is 1.32. The maximum absolute atomic E-state index is 6.20. The molecule has 17 heavy (non-hydrogen) atoms. The van der Waals surface area contributed by atoms with Crippen LogP contribution in [0.15, 0.2) is 22.7 Å². The second kappa shape index (κ2) is 4.83. The first-order valence-corrected chi connectivity index (χ1v) is 6.67. The van der Waals surface area contributed by atoms with E-state index in [1.807, 2.05) is 19.2 Å². The van der Waals surface area contributed by atoms with Crippen molar-refractivity contribution in [3.8, 4) is 0 Å². The van der Waals surface area contributed by atoms with E-state index in [1.165, 1.54) is 5.56 Å². The van der Waals surface area contributed by atoms with E-state index in [0.29, 0.717) is 10.9 Å². The van der Waals surface area contributed by atoms with Crippen LogP contribution in [0.2, 0.25) is 5.02 Å². The van der Waals surface area contributed by atoms with Crippen LogP contribution in [-0.2, 0) is 0 Å². The van der Waals surface area contributed by atoms with Gasteiger partial charge in [-0.1, -0.05) is 41.4 Å². The van der Waals surface area contributed by atoms with Gasteiger partial charge in [0.2, 0.25) is 0 Å². The fourth-order valence-corrected chi connectivity index (χ4v) is 2.74. The normalized spacial score (nSPS) is 11.2. The number of hydrogen-bond donors (Lipinski definition) is 1. The largest absolute Gasteiger partial charge is 0.373 e. The molecule has 1 N–H and O–H groups in total. The van der Waals surface area contributed by atoms with Crippen molar-refractivity contribution in [1.82, 2.24) is 4.98 Å². The smallest absolute Gasteiger partial charge is 0.129 e. The molecule has 0 aliphatic carbocycles. The topological polar surface area (TPSA) is 24.9 Å². The summed E-state index contributed by atoms with van der Waals surface area (Å²) in [6.07, 6.45) is 0. The third-order valence-electron chi connectivity index (χ3n) is 2.72. The van der Waals surface area contributed by atoms with E-state index in [-0.39, 0.29) is 0 Å². The van der Waals surface area contributed by atoms with Crippen LogP contribution in [0, 0.1) is 0 Å². The second-order valence-electron chi connectivity index (χ2n) is 4.29. The highest BCUT2D eigenvalue weighted by Gasteiger charge is 2.11. The summed E-state index contributed by atoms with van der Waals surface area (Å²) in [4.78, 5) is 4.59. The average molecular weight is 314 g/mol. The third-order valence-corrected chi connectivity index (χ3v) is 3.47. The number of fused-ring (bicyclic) bond motifs is 1. The zero-order valence-corrected chi connectivity index (χ0v) is 12.4. The Labute approximate surface area is 115 Å². The van der Waals surface area contributed by atoms with Crippen molar-refractivity contribution < 1.29 is 0 Å². The van der Waals surface area contributed by atoms with Gasteiger partial charge in [-0.15, -0.1) is 0 Å². The zero-order chi connectivity index (χ0) is 12.6. The number of benzene rings is 1. The van der Waals surface area contributed by atoms with Crippen molar-refractivity contribution in [3.63, 3.8) is 0 Å². The van der Waals surface area contributed by atoms with E-state index >= 15 is 0 Å². The monoisotopic (exact) mass is 312 g/mol. The standard InChI is InChI=1S/C13H14BrClN2/c1-7(2)10-5-8-4-9(14)6-11(15)12(8)17-13(10)16-3/h4-7H,1-3H3,(H,16,17). The van der Waals surface area contributed by atoms with Gasteiger partial charge in [0.25, 0.3) is 0 Å². The highest BCUT2D eigenvalue weighted by Crippen LogP contribution is 2.32. The van der Waals surface area contributed by atoms with Gasteiger partial charge < -0.3 is 5.32 Å². The SMILES string of the molecule is CNc1nc2c(Cl)cc(Br)cc2cc1C(C)C. The number of anilines is 1. The minimum absolute atomic E-state index is 0.423. The minimum atomic E-state index is 0.423. The first kappa shape index (κ1) is 12.7. The lowest BCUT2D eigenvalue weighted by molar-refractivity contribution is 0.864. The summed E-state index contributed by atoms with van der Waals surface area (Å²) in [6.45, 7) is 4.31. The summed E-state index contributed by atoms with van der Waals surface area (Å²) >= 11 is 9.66. The Morgan fingerprint density at radius 2 is 2.00 bits per heavy atom. The molecule has 2 nitrogen and oxygen atoms in total. The molecule has 0 saturated carbocycles. The lowest BCUT2D eigenvalue weighted by atomic mass is 10.0. The second-order valence-corrected chi connectivity index (χ2v) is 5.61. The average Bonchev–Trinajstić information content (AvgIpc) is 2.27. The van der Waals surface area contributed by atoms with Gasteiger partial charge in [0, 0.05) is 16.9 Å². The van der Waals surface area contributed by atoms with Crippen molar-refractivity contribution in [2.75, 3.05) is 12.4 Å². The van der Waals surface area contributed by atoms with Gasteiger partial charge >= 0.3 is 0 Å². The molecule has 0 unspecified atom stereocenters. The molecule has 2 rings (SSSR count). The summed E-state index contributed by atoms with van der Waals surface area (Å²) in [6, 6.07) is 6.06. The van der Waals surface area contributed by atoms with Crippen LogP contribution in [0.25, 0.3) is 10.9 Å². The Hall–Kier alpha value is -0.800. The molecule has 0 radical (unpaired) electrons. The summed E-state index contributed by atoms with van der Waals surface area (Å²) in [7, 11) is 1.88. The van der Waals surface area contributed by atoms with Crippen molar-refractivity contribution in [1.29, 1.82) is 0 Å². The molecule has 0 fully saturated rings. The Morgan fingerprint density at radius 3 is 2.59 bits per heavy atom. The molecule has 90 valence electrons. The number of pyridine rings is 1. The van der Waals surface area contributed by atoms with Gasteiger partial charge in [0.15, 0.2) is 0 Å². The number of halogens is 2. The molecule has 0 aliphatic heterocycles. The fourth-order valence-electron chi connectivity index (χ4n) is 1.87. The Balaban J connectivity index is 2.78. The summed E-state index contributed by atoms with van der Waals surface area (Å²) in [5, 5.41) is 4.86. The summed E-state index contributed by atoms with van der Waals surface area (Å²) in [5.41, 5.74) is 2.04. The molecular formula is C13H14BrClN2. The number of nitrogens with one attached hydrogen (secondary N) is 1. The molecule has 0 saturated heterocycles. The van der Waals surface area contributed by atoms with Gasteiger partial charge in [-0.3, -0.25) is 0 Å². The van der Waals surface area contributed by atoms with Crippen LogP contribution in [0.3, 0.4) is 0 Å². The van der Waals surface area contributed by atoms with Crippen molar-refractivity contribution in [2.24, 2.45) is 0 Å². The third kappa shape index (κ3) is 2.40. The maximum Gasteiger partial charge on any atom is 0.129 e. The van der Waals surface area contributed by atoms with Gasteiger partial charge in [0.05, 0.1) is 10.5 Å². The zero-order valence-electron chi connectivity index (χ0n) is 10.0. The van der Waals surface area contributed by atoms with E-state index in [0.717, 1.165) is 21.2 Å². The van der Waals surface area contributed by atoms with Crippen molar-refractivity contribution >= 4 is 44.3 Å². The first-order chi connectivity index (χ1) is 8.02. The molecule has 0 spiro atoms. The minimum Gasteiger partial charge on any atom is -0.373 e. The van der Waals surface area contributed by atoms with E-state index in [1.54, 1.807) is 0 Å². The van der Waals surface area contributed by atoms with Crippen molar-refractivity contribution in [3.05, 3.63) is 33.3 Å². The van der Waals surface area contributed by atoms with Crippen LogP contribution in [0.1, 0.15) is 25.3 Å². The van der Waals surface area contributed by atoms with E-state index in [4.69, 9.17) is 11.6 Å². The fraction of sp³-hybridized carbons (Fsp3) is 0.308. The maximum atomic E-state index is 6.20. The molecule has 2 aromatic rings. The van der Waals surface area contributed by atoms with Crippen LogP contribution in [0.4, 0.5) is 5.82 Å². The molecule has 0 atom stereocenters. The molecule has 1 aromatic carbocycles. The molecule has 0 aliphatic rings. The van der Waals surface area contributed by atoms with Gasteiger partial charge in [-0.05, 0) is 29.7 Å². The number of rotatable bonds is 2. The quantitative estimate of drug-likeness (QED) is 0.860. The first-order valence-electron chi connectivity index (χ1n) is 5.50. The summed E-state index contributed by atoms with van der Waals surface area (Å²) < 4.78 is 0.976. The van der Waals surface area contributed by atoms with Gasteiger partial charge in [-0.25, -0.2) is 4.98 Å². The highest BCUT2D eigenvalue weighted by atomic mass is 79.9. The van der Waals surface area contributed by atoms with Crippen LogP contribution >= 0.6 is 27.5 Å². The predicted octanol–water partition coefficient (Wildman–Crippen LogP) is 4.82. The van der Waals surface area contributed by atoms with Gasteiger partial charge in [0.1, 0.15) is 5.82 Å². The van der Waals surface area contributed by atoms with Crippen LogP contribution in [0.5, 0.6) is 0 Å². The molecule has 4 heteroatoms. The molecule has 1 heterocycles. The Morgan fingerprint density at radius 1 is 1.29 bits per heavy atom. The van der Waals surface area contributed by atoms with Gasteiger partial charge in [-0.2, -0.15) is 0 Å².